The molecule has 1 amide bonds. The van der Waals surface area contributed by atoms with Gasteiger partial charge in [-0.05, 0) is 44.5 Å². The van der Waals surface area contributed by atoms with Crippen LogP contribution in [0, 0.1) is 6.92 Å². The summed E-state index contributed by atoms with van der Waals surface area (Å²) in [6.45, 7) is 1.81. The molecule has 1 rings (SSSR count). The van der Waals surface area contributed by atoms with Gasteiger partial charge in [-0.3, -0.25) is 4.79 Å². The van der Waals surface area contributed by atoms with Gasteiger partial charge in [-0.15, -0.1) is 11.6 Å². The number of aryl methyl sites for hydroxylation is 1. The predicted octanol–water partition coefficient (Wildman–Crippen LogP) is 2.25. The first-order chi connectivity index (χ1) is 9.40. The van der Waals surface area contributed by atoms with E-state index in [1.54, 1.807) is 6.07 Å². The highest BCUT2D eigenvalue weighted by Gasteiger charge is 2.13. The van der Waals surface area contributed by atoms with Crippen molar-refractivity contribution in [3.63, 3.8) is 0 Å². The van der Waals surface area contributed by atoms with Crippen LogP contribution in [-0.2, 0) is 14.8 Å². The van der Waals surface area contributed by atoms with Gasteiger partial charge < -0.3 is 5.32 Å². The number of benzene rings is 1. The lowest BCUT2D eigenvalue weighted by Crippen LogP contribution is -2.19. The summed E-state index contributed by atoms with van der Waals surface area (Å²) in [5.74, 6) is 0.389. The molecule has 1 aromatic carbocycles. The summed E-state index contributed by atoms with van der Waals surface area (Å²) in [7, 11) is -2.17. The monoisotopic (exact) mass is 318 g/mol. The van der Waals surface area contributed by atoms with Crippen molar-refractivity contribution in [2.24, 2.45) is 0 Å². The fraction of sp³-hybridized carbons (Fsp3) is 0.462. The lowest BCUT2D eigenvalue weighted by Gasteiger charge is -2.10. The van der Waals surface area contributed by atoms with Gasteiger partial charge >= 0.3 is 0 Å². The third-order valence-corrected chi connectivity index (χ3v) is 4.53. The third-order valence-electron chi connectivity index (χ3n) is 2.85. The molecule has 0 atom stereocenters. The second-order valence-electron chi connectivity index (χ2n) is 4.38. The maximum Gasteiger partial charge on any atom is 0.240 e. The van der Waals surface area contributed by atoms with Crippen molar-refractivity contribution in [1.82, 2.24) is 4.72 Å². The smallest absolute Gasteiger partial charge is 0.240 e. The van der Waals surface area contributed by atoms with Crippen molar-refractivity contribution < 1.29 is 13.2 Å². The summed E-state index contributed by atoms with van der Waals surface area (Å²) in [5, 5.41) is 2.73. The molecular formula is C13H19ClN2O3S. The highest BCUT2D eigenvalue weighted by Crippen LogP contribution is 2.20. The van der Waals surface area contributed by atoms with Crippen LogP contribution in [0.2, 0.25) is 0 Å². The van der Waals surface area contributed by atoms with Gasteiger partial charge in [-0.25, -0.2) is 13.1 Å². The number of hydrogen-bond donors (Lipinski definition) is 2. The average molecular weight is 319 g/mol. The van der Waals surface area contributed by atoms with Gasteiger partial charge in [0.1, 0.15) is 0 Å². The van der Waals surface area contributed by atoms with Crippen LogP contribution < -0.4 is 10.0 Å². The number of halogens is 1. The number of carbonyl (C=O) groups is 1. The maximum absolute atomic E-state index is 11.8. The van der Waals surface area contributed by atoms with Crippen LogP contribution in [0.5, 0.6) is 0 Å². The lowest BCUT2D eigenvalue weighted by molar-refractivity contribution is -0.116. The SMILES string of the molecule is CNS(=O)(=O)c1ccc(C)c(NC(=O)CCCCCl)c1. The molecule has 5 nitrogen and oxygen atoms in total. The zero-order chi connectivity index (χ0) is 15.2. The Kier molecular flexibility index (Phi) is 6.45. The Morgan fingerprint density at radius 2 is 2.00 bits per heavy atom. The highest BCUT2D eigenvalue weighted by atomic mass is 35.5. The second kappa shape index (κ2) is 7.61. The van der Waals surface area contributed by atoms with Crippen LogP contribution in [0.15, 0.2) is 23.1 Å². The van der Waals surface area contributed by atoms with E-state index in [2.05, 4.69) is 10.0 Å². The topological polar surface area (TPSA) is 75.3 Å². The fourth-order valence-corrected chi connectivity index (χ4v) is 2.56. The van der Waals surface area contributed by atoms with E-state index in [1.807, 2.05) is 6.92 Å². The Morgan fingerprint density at radius 1 is 1.30 bits per heavy atom. The van der Waals surface area contributed by atoms with Gasteiger partial charge in [0.05, 0.1) is 4.90 Å². The minimum atomic E-state index is -3.51. The molecule has 1 aromatic rings. The number of carbonyl (C=O) groups excluding carboxylic acids is 1. The molecule has 0 unspecified atom stereocenters. The maximum atomic E-state index is 11.8. The number of hydrogen-bond acceptors (Lipinski definition) is 3. The first-order valence-electron chi connectivity index (χ1n) is 6.30. The van der Waals surface area contributed by atoms with Crippen molar-refractivity contribution in [2.45, 2.75) is 31.1 Å². The molecular weight excluding hydrogens is 300 g/mol. The van der Waals surface area contributed by atoms with E-state index in [0.717, 1.165) is 12.0 Å². The van der Waals surface area contributed by atoms with Crippen LogP contribution in [0.25, 0.3) is 0 Å². The summed E-state index contributed by atoms with van der Waals surface area (Å²) < 4.78 is 25.7. The van der Waals surface area contributed by atoms with Gasteiger partial charge in [-0.2, -0.15) is 0 Å². The van der Waals surface area contributed by atoms with Crippen molar-refractivity contribution in [1.29, 1.82) is 0 Å². The molecule has 0 aliphatic heterocycles. The largest absolute Gasteiger partial charge is 0.326 e. The van der Waals surface area contributed by atoms with Gasteiger partial charge in [0.25, 0.3) is 0 Å². The van der Waals surface area contributed by atoms with Gasteiger partial charge in [-0.1, -0.05) is 6.07 Å². The number of anilines is 1. The molecule has 20 heavy (non-hydrogen) atoms. The number of nitrogens with one attached hydrogen (secondary N) is 2. The molecule has 0 spiro atoms. The lowest BCUT2D eigenvalue weighted by atomic mass is 10.2. The van der Waals surface area contributed by atoms with E-state index in [4.69, 9.17) is 11.6 Å². The van der Waals surface area contributed by atoms with Crippen molar-refractivity contribution >= 4 is 33.2 Å². The molecule has 0 bridgehead atoms. The van der Waals surface area contributed by atoms with E-state index in [0.29, 0.717) is 24.4 Å². The predicted molar refractivity (Wildman–Crippen MR) is 80.6 cm³/mol. The fourth-order valence-electron chi connectivity index (χ4n) is 1.61. The molecule has 2 N–H and O–H groups in total. The van der Waals surface area contributed by atoms with E-state index < -0.39 is 10.0 Å². The number of sulfonamides is 1. The zero-order valence-electron chi connectivity index (χ0n) is 11.6. The summed E-state index contributed by atoms with van der Waals surface area (Å²) in [4.78, 5) is 11.9. The summed E-state index contributed by atoms with van der Waals surface area (Å²) >= 11 is 5.55. The van der Waals surface area contributed by atoms with Crippen LogP contribution in [0.3, 0.4) is 0 Å². The van der Waals surface area contributed by atoms with Crippen LogP contribution in [0.4, 0.5) is 5.69 Å². The van der Waals surface area contributed by atoms with Gasteiger partial charge in [0.2, 0.25) is 15.9 Å². The molecule has 0 radical (unpaired) electrons. The van der Waals surface area contributed by atoms with E-state index in [-0.39, 0.29) is 10.8 Å². The molecule has 0 aliphatic carbocycles. The number of alkyl halides is 1. The number of rotatable bonds is 7. The minimum Gasteiger partial charge on any atom is -0.326 e. The first kappa shape index (κ1) is 16.9. The normalized spacial score (nSPS) is 11.3. The Morgan fingerprint density at radius 3 is 2.60 bits per heavy atom. The molecule has 0 aliphatic rings. The Hall–Kier alpha value is -1.11. The standard InChI is InChI=1S/C13H19ClN2O3S/c1-10-6-7-11(20(18,19)15-2)9-12(10)16-13(17)5-3-4-8-14/h6-7,9,15H,3-5,8H2,1-2H3,(H,16,17). The van der Waals surface area contributed by atoms with Crippen molar-refractivity contribution in [3.05, 3.63) is 23.8 Å². The van der Waals surface area contributed by atoms with E-state index >= 15 is 0 Å². The Balaban J connectivity index is 2.85. The van der Waals surface area contributed by atoms with E-state index in [9.17, 15) is 13.2 Å². The first-order valence-corrected chi connectivity index (χ1v) is 8.32. The minimum absolute atomic E-state index is 0.127. The van der Waals surface area contributed by atoms with E-state index in [1.165, 1.54) is 19.2 Å². The van der Waals surface area contributed by atoms with Crippen LogP contribution in [0.1, 0.15) is 24.8 Å². The molecule has 7 heteroatoms. The molecule has 0 saturated carbocycles. The Bertz CT molecular complexity index is 573. The molecule has 0 aromatic heterocycles. The molecule has 0 saturated heterocycles. The molecule has 0 fully saturated rings. The number of amides is 1. The number of unbranched alkanes of at least 4 members (excludes halogenated alkanes) is 1. The summed E-state index contributed by atoms with van der Waals surface area (Å²) in [6, 6.07) is 4.63. The van der Waals surface area contributed by atoms with Gasteiger partial charge in [0.15, 0.2) is 0 Å². The second-order valence-corrected chi connectivity index (χ2v) is 6.64. The van der Waals surface area contributed by atoms with Crippen molar-refractivity contribution in [3.8, 4) is 0 Å². The highest BCUT2D eigenvalue weighted by molar-refractivity contribution is 7.89. The average Bonchev–Trinajstić information content (AvgIpc) is 2.41. The van der Waals surface area contributed by atoms with Crippen molar-refractivity contribution in [2.75, 3.05) is 18.2 Å². The Labute approximate surface area is 124 Å². The molecule has 112 valence electrons. The summed E-state index contributed by atoms with van der Waals surface area (Å²) in [6.07, 6.45) is 1.86. The third kappa shape index (κ3) is 4.77. The van der Waals surface area contributed by atoms with Crippen LogP contribution >= 0.6 is 11.6 Å². The quantitative estimate of drug-likeness (QED) is 0.598. The summed E-state index contributed by atoms with van der Waals surface area (Å²) in [5.41, 5.74) is 1.32. The zero-order valence-corrected chi connectivity index (χ0v) is 13.1. The van der Waals surface area contributed by atoms with Gasteiger partial charge in [0, 0.05) is 18.0 Å². The van der Waals surface area contributed by atoms with Crippen LogP contribution in [-0.4, -0.2) is 27.3 Å². The molecule has 0 heterocycles.